The van der Waals surface area contributed by atoms with Crippen LogP contribution in [0, 0.1) is 5.82 Å². The van der Waals surface area contributed by atoms with Crippen molar-refractivity contribution in [3.8, 4) is 0 Å². The molecule has 2 nitrogen and oxygen atoms in total. The average molecular weight is 190 g/mol. The fourth-order valence-electron chi connectivity index (χ4n) is 1.40. The zero-order valence-electron chi connectivity index (χ0n) is 7.94. The standard InChI is InChI=1S/C11H11FN2/c1-14-8-10(7-13-14)6-9-2-4-11(12)5-3-9/h2-5,7-8H,6H2,1H3. The van der Waals surface area contributed by atoms with E-state index in [1.807, 2.05) is 19.4 Å². The Kier molecular flexibility index (Phi) is 2.31. The van der Waals surface area contributed by atoms with Gasteiger partial charge in [-0.15, -0.1) is 0 Å². The first-order valence-corrected chi connectivity index (χ1v) is 4.46. The summed E-state index contributed by atoms with van der Waals surface area (Å²) >= 11 is 0. The molecule has 0 unspecified atom stereocenters. The predicted molar refractivity (Wildman–Crippen MR) is 52.4 cm³/mol. The second-order valence-electron chi connectivity index (χ2n) is 3.33. The maximum absolute atomic E-state index is 12.6. The summed E-state index contributed by atoms with van der Waals surface area (Å²) in [7, 11) is 1.88. The van der Waals surface area contributed by atoms with Gasteiger partial charge >= 0.3 is 0 Å². The lowest BCUT2D eigenvalue weighted by molar-refractivity contribution is 0.627. The largest absolute Gasteiger partial charge is 0.276 e. The lowest BCUT2D eigenvalue weighted by Crippen LogP contribution is -1.87. The summed E-state index contributed by atoms with van der Waals surface area (Å²) in [4.78, 5) is 0. The smallest absolute Gasteiger partial charge is 0.123 e. The normalized spacial score (nSPS) is 10.4. The van der Waals surface area contributed by atoms with Gasteiger partial charge in [-0.2, -0.15) is 5.10 Å². The van der Waals surface area contributed by atoms with Gasteiger partial charge in [0.1, 0.15) is 5.82 Å². The predicted octanol–water partition coefficient (Wildman–Crippen LogP) is 2.15. The van der Waals surface area contributed by atoms with E-state index < -0.39 is 0 Å². The van der Waals surface area contributed by atoms with E-state index in [2.05, 4.69) is 5.10 Å². The third-order valence-corrected chi connectivity index (χ3v) is 2.08. The molecule has 0 amide bonds. The Hall–Kier alpha value is -1.64. The maximum Gasteiger partial charge on any atom is 0.123 e. The number of nitrogens with zero attached hydrogens (tertiary/aromatic N) is 2. The summed E-state index contributed by atoms with van der Waals surface area (Å²) in [6.45, 7) is 0. The van der Waals surface area contributed by atoms with E-state index in [0.29, 0.717) is 0 Å². The van der Waals surface area contributed by atoms with Crippen LogP contribution >= 0.6 is 0 Å². The Bertz CT molecular complexity index is 417. The van der Waals surface area contributed by atoms with Crippen LogP contribution in [0.1, 0.15) is 11.1 Å². The number of rotatable bonds is 2. The second-order valence-corrected chi connectivity index (χ2v) is 3.33. The van der Waals surface area contributed by atoms with Gasteiger partial charge < -0.3 is 0 Å². The molecule has 0 aliphatic heterocycles. The Balaban J connectivity index is 2.15. The summed E-state index contributed by atoms with van der Waals surface area (Å²) in [6.07, 6.45) is 4.58. The molecule has 72 valence electrons. The molecule has 1 heterocycles. The molecule has 0 atom stereocenters. The van der Waals surface area contributed by atoms with Crippen LogP contribution in [0.4, 0.5) is 4.39 Å². The fourth-order valence-corrected chi connectivity index (χ4v) is 1.40. The molecule has 1 aromatic carbocycles. The van der Waals surface area contributed by atoms with Gasteiger partial charge in [-0.1, -0.05) is 12.1 Å². The first-order valence-electron chi connectivity index (χ1n) is 4.46. The molecule has 14 heavy (non-hydrogen) atoms. The molecule has 0 bridgehead atoms. The van der Waals surface area contributed by atoms with E-state index in [4.69, 9.17) is 0 Å². The number of aryl methyl sites for hydroxylation is 1. The quantitative estimate of drug-likeness (QED) is 0.709. The Labute approximate surface area is 82.0 Å². The summed E-state index contributed by atoms with van der Waals surface area (Å²) in [5.74, 6) is -0.195. The number of benzene rings is 1. The second kappa shape index (κ2) is 3.62. The third-order valence-electron chi connectivity index (χ3n) is 2.08. The highest BCUT2D eigenvalue weighted by molar-refractivity contribution is 5.23. The monoisotopic (exact) mass is 190 g/mol. The summed E-state index contributed by atoms with van der Waals surface area (Å²) in [5.41, 5.74) is 2.23. The van der Waals surface area contributed by atoms with Crippen molar-refractivity contribution in [2.75, 3.05) is 0 Å². The number of halogens is 1. The van der Waals surface area contributed by atoms with Gasteiger partial charge in [0, 0.05) is 19.7 Å². The van der Waals surface area contributed by atoms with Gasteiger partial charge in [-0.05, 0) is 23.3 Å². The lowest BCUT2D eigenvalue weighted by atomic mass is 10.1. The van der Waals surface area contributed by atoms with Crippen LogP contribution in [0.3, 0.4) is 0 Å². The zero-order valence-corrected chi connectivity index (χ0v) is 7.94. The Morgan fingerprint density at radius 2 is 1.93 bits per heavy atom. The van der Waals surface area contributed by atoms with Crippen LogP contribution in [0.5, 0.6) is 0 Å². The van der Waals surface area contributed by atoms with Gasteiger partial charge in [0.15, 0.2) is 0 Å². The minimum atomic E-state index is -0.195. The minimum absolute atomic E-state index is 0.195. The Morgan fingerprint density at radius 1 is 1.21 bits per heavy atom. The maximum atomic E-state index is 12.6. The van der Waals surface area contributed by atoms with E-state index in [0.717, 1.165) is 17.5 Å². The highest BCUT2D eigenvalue weighted by Crippen LogP contribution is 2.09. The fraction of sp³-hybridized carbons (Fsp3) is 0.182. The molecular formula is C11H11FN2. The number of aromatic nitrogens is 2. The molecule has 1 aromatic heterocycles. The van der Waals surface area contributed by atoms with Crippen molar-refractivity contribution >= 4 is 0 Å². The molecule has 0 saturated heterocycles. The molecule has 2 aromatic rings. The van der Waals surface area contributed by atoms with Crippen molar-refractivity contribution < 1.29 is 4.39 Å². The molecule has 0 radical (unpaired) electrons. The van der Waals surface area contributed by atoms with E-state index in [1.54, 1.807) is 16.8 Å². The van der Waals surface area contributed by atoms with Crippen molar-refractivity contribution in [1.29, 1.82) is 0 Å². The molecular weight excluding hydrogens is 179 g/mol. The van der Waals surface area contributed by atoms with Crippen molar-refractivity contribution in [3.63, 3.8) is 0 Å². The molecule has 0 saturated carbocycles. The van der Waals surface area contributed by atoms with Crippen molar-refractivity contribution in [1.82, 2.24) is 9.78 Å². The van der Waals surface area contributed by atoms with Crippen molar-refractivity contribution in [3.05, 3.63) is 53.6 Å². The molecule has 0 fully saturated rings. The molecule has 0 spiro atoms. The highest BCUT2D eigenvalue weighted by atomic mass is 19.1. The van der Waals surface area contributed by atoms with E-state index in [-0.39, 0.29) is 5.82 Å². The highest BCUT2D eigenvalue weighted by Gasteiger charge is 1.98. The molecule has 0 N–H and O–H groups in total. The molecule has 3 heteroatoms. The summed E-state index contributed by atoms with van der Waals surface area (Å²) < 4.78 is 14.4. The SMILES string of the molecule is Cn1cc(Cc2ccc(F)cc2)cn1. The van der Waals surface area contributed by atoms with Crippen molar-refractivity contribution in [2.24, 2.45) is 7.05 Å². The van der Waals surface area contributed by atoms with Crippen LogP contribution in [-0.2, 0) is 13.5 Å². The first-order chi connectivity index (χ1) is 6.74. The van der Waals surface area contributed by atoms with Gasteiger partial charge in [-0.3, -0.25) is 4.68 Å². The minimum Gasteiger partial charge on any atom is -0.276 e. The third kappa shape index (κ3) is 1.99. The van der Waals surface area contributed by atoms with Gasteiger partial charge in [0.05, 0.1) is 6.20 Å². The Morgan fingerprint density at radius 3 is 2.50 bits per heavy atom. The molecule has 0 aliphatic rings. The van der Waals surface area contributed by atoms with Crippen LogP contribution in [-0.4, -0.2) is 9.78 Å². The van der Waals surface area contributed by atoms with E-state index in [9.17, 15) is 4.39 Å². The van der Waals surface area contributed by atoms with E-state index >= 15 is 0 Å². The van der Waals surface area contributed by atoms with Gasteiger partial charge in [0.25, 0.3) is 0 Å². The molecule has 2 rings (SSSR count). The van der Waals surface area contributed by atoms with Crippen LogP contribution < -0.4 is 0 Å². The van der Waals surface area contributed by atoms with Crippen LogP contribution in [0.2, 0.25) is 0 Å². The topological polar surface area (TPSA) is 17.8 Å². The molecule has 0 aliphatic carbocycles. The average Bonchev–Trinajstić information content (AvgIpc) is 2.56. The zero-order chi connectivity index (χ0) is 9.97. The number of hydrogen-bond acceptors (Lipinski definition) is 1. The van der Waals surface area contributed by atoms with Crippen LogP contribution in [0.25, 0.3) is 0 Å². The van der Waals surface area contributed by atoms with Crippen molar-refractivity contribution in [2.45, 2.75) is 6.42 Å². The summed E-state index contributed by atoms with van der Waals surface area (Å²) in [6, 6.07) is 6.54. The lowest BCUT2D eigenvalue weighted by Gasteiger charge is -1.97. The first kappa shape index (κ1) is 8.94. The van der Waals surface area contributed by atoms with Gasteiger partial charge in [-0.25, -0.2) is 4.39 Å². The van der Waals surface area contributed by atoms with Crippen LogP contribution in [0.15, 0.2) is 36.7 Å². The van der Waals surface area contributed by atoms with E-state index in [1.165, 1.54) is 12.1 Å². The summed E-state index contributed by atoms with van der Waals surface area (Å²) in [5, 5.41) is 4.07. The number of hydrogen-bond donors (Lipinski definition) is 0. The van der Waals surface area contributed by atoms with Gasteiger partial charge in [0.2, 0.25) is 0 Å².